The maximum Gasteiger partial charge on any atom is 0.438 e. The lowest BCUT2D eigenvalue weighted by Gasteiger charge is -2.40. The summed E-state index contributed by atoms with van der Waals surface area (Å²) in [5.74, 6) is -5.49. The van der Waals surface area contributed by atoms with E-state index in [1.54, 1.807) is 0 Å². The van der Waals surface area contributed by atoms with Crippen LogP contribution < -0.4 is 0 Å². The van der Waals surface area contributed by atoms with Crippen molar-refractivity contribution in [1.29, 1.82) is 0 Å². The van der Waals surface area contributed by atoms with Crippen molar-refractivity contribution in [1.82, 2.24) is 0 Å². The summed E-state index contributed by atoms with van der Waals surface area (Å²) < 4.78 is 117. The number of rotatable bonds is 4. The number of halogens is 6. The minimum absolute atomic E-state index is 0.00992. The third kappa shape index (κ3) is 3.08. The van der Waals surface area contributed by atoms with E-state index in [2.05, 4.69) is 10.8 Å². The van der Waals surface area contributed by atoms with Crippen LogP contribution in [0.3, 0.4) is 0 Å². The summed E-state index contributed by atoms with van der Waals surface area (Å²) >= 11 is 0. The molecule has 3 saturated carbocycles. The van der Waals surface area contributed by atoms with Crippen molar-refractivity contribution in [3.05, 3.63) is 12.2 Å². The lowest BCUT2D eigenvalue weighted by Crippen LogP contribution is -2.64. The van der Waals surface area contributed by atoms with Gasteiger partial charge in [-0.15, -0.1) is 0 Å². The Hall–Kier alpha value is -1.30. The molecule has 0 aromatic carbocycles. The zero-order valence-corrected chi connectivity index (χ0v) is 15.6. The quantitative estimate of drug-likeness (QED) is 0.218. The van der Waals surface area contributed by atoms with Crippen LogP contribution in [-0.4, -0.2) is 42.6 Å². The third-order valence-corrected chi connectivity index (χ3v) is 7.90. The van der Waals surface area contributed by atoms with Crippen molar-refractivity contribution in [3.8, 4) is 0 Å². The van der Waals surface area contributed by atoms with E-state index in [0.717, 1.165) is 6.42 Å². The van der Waals surface area contributed by atoms with Crippen LogP contribution in [-0.2, 0) is 19.6 Å². The molecule has 7 unspecified atom stereocenters. The Kier molecular flexibility index (Phi) is 4.42. The number of hydrogen-bond donors (Lipinski definition) is 0. The molecule has 5 nitrogen and oxygen atoms in total. The Morgan fingerprint density at radius 2 is 1.52 bits per heavy atom. The standard InChI is InChI=1S/C17H18F6O5S/c18-16(19,20)15(17(21,22)23,6-29(25,26)27)28-14(24)11-5-9-4-10(11)13-8-2-1-7(3-8)12(9)13/h1-2,7-13H,3-6H2,(H,25,26,27)/p-1. The van der Waals surface area contributed by atoms with E-state index in [-0.39, 0.29) is 30.1 Å². The largest absolute Gasteiger partial charge is 0.748 e. The van der Waals surface area contributed by atoms with Crippen LogP contribution in [0.5, 0.6) is 0 Å². The van der Waals surface area contributed by atoms with E-state index in [1.165, 1.54) is 0 Å². The molecule has 0 heterocycles. The fourth-order valence-electron chi connectivity index (χ4n) is 6.25. The number of carbonyl (C=O) groups excluding carboxylic acids is 1. The maximum absolute atomic E-state index is 13.4. The Labute approximate surface area is 162 Å². The molecular weight excluding hydrogens is 430 g/mol. The highest BCUT2D eigenvalue weighted by Gasteiger charge is 2.75. The SMILES string of the molecule is O=C(OC(CS(=O)(=O)[O-])(C(F)(F)F)C(F)(F)F)C1CC2CC1C1C3C=CC(C3)C21. The Balaban J connectivity index is 1.62. The average molecular weight is 447 g/mol. The van der Waals surface area contributed by atoms with E-state index in [4.69, 9.17) is 0 Å². The summed E-state index contributed by atoms with van der Waals surface area (Å²) in [6.07, 6.45) is -7.09. The van der Waals surface area contributed by atoms with Crippen LogP contribution in [0.2, 0.25) is 0 Å². The van der Waals surface area contributed by atoms with E-state index >= 15 is 0 Å². The fraction of sp³-hybridized carbons (Fsp3) is 0.824. The summed E-state index contributed by atoms with van der Waals surface area (Å²) in [6, 6.07) is 0. The van der Waals surface area contributed by atoms with Gasteiger partial charge in [-0.25, -0.2) is 8.42 Å². The summed E-state index contributed by atoms with van der Waals surface area (Å²) in [5, 5.41) is 0. The molecule has 0 amide bonds. The van der Waals surface area contributed by atoms with Gasteiger partial charge in [-0.1, -0.05) is 12.2 Å². The second-order valence-corrected chi connectivity index (χ2v) is 9.95. The highest BCUT2D eigenvalue weighted by Crippen LogP contribution is 2.67. The number of alkyl halides is 6. The normalized spacial score (nSPS) is 38.5. The summed E-state index contributed by atoms with van der Waals surface area (Å²) in [5.41, 5.74) is -5.38. The molecule has 4 bridgehead atoms. The van der Waals surface area contributed by atoms with Gasteiger partial charge in [0.25, 0.3) is 0 Å². The van der Waals surface area contributed by atoms with E-state index in [9.17, 15) is 44.1 Å². The van der Waals surface area contributed by atoms with E-state index < -0.39 is 51.6 Å². The molecule has 164 valence electrons. The molecule has 0 aliphatic heterocycles. The molecule has 4 aliphatic carbocycles. The molecular formula is C17H17F6O5S-. The molecule has 12 heteroatoms. The predicted octanol–water partition coefficient (Wildman–Crippen LogP) is 3.03. The molecule has 0 N–H and O–H groups in total. The fourth-order valence-corrected chi connectivity index (χ4v) is 7.14. The topological polar surface area (TPSA) is 83.5 Å². The summed E-state index contributed by atoms with van der Waals surface area (Å²) in [6.45, 7) is 0. The van der Waals surface area contributed by atoms with Crippen LogP contribution in [0.1, 0.15) is 19.3 Å². The molecule has 0 spiro atoms. The maximum atomic E-state index is 13.4. The molecule has 3 fully saturated rings. The van der Waals surface area contributed by atoms with Crippen molar-refractivity contribution in [2.75, 3.05) is 5.75 Å². The van der Waals surface area contributed by atoms with Crippen LogP contribution in [0, 0.1) is 41.4 Å². The minimum atomic E-state index is -6.33. The van der Waals surface area contributed by atoms with E-state index in [0.29, 0.717) is 12.3 Å². The average Bonchev–Trinajstić information content (AvgIpc) is 3.28. The molecule has 0 radical (unpaired) electrons. The van der Waals surface area contributed by atoms with Gasteiger partial charge in [-0.3, -0.25) is 4.79 Å². The third-order valence-electron chi connectivity index (χ3n) is 7.14. The second kappa shape index (κ2) is 6.12. The van der Waals surface area contributed by atoms with Gasteiger partial charge < -0.3 is 9.29 Å². The van der Waals surface area contributed by atoms with Crippen molar-refractivity contribution in [2.45, 2.75) is 37.2 Å². The first kappa shape index (κ1) is 21.0. The first-order valence-corrected chi connectivity index (χ1v) is 10.7. The smallest absolute Gasteiger partial charge is 0.438 e. The molecule has 0 aromatic rings. The predicted molar refractivity (Wildman–Crippen MR) is 82.9 cm³/mol. The Bertz CT molecular complexity index is 833. The van der Waals surface area contributed by atoms with Crippen molar-refractivity contribution in [2.24, 2.45) is 41.4 Å². The second-order valence-electron chi connectivity index (χ2n) is 8.55. The van der Waals surface area contributed by atoms with Crippen molar-refractivity contribution < 1.29 is 48.8 Å². The van der Waals surface area contributed by atoms with Gasteiger partial charge in [0, 0.05) is 0 Å². The van der Waals surface area contributed by atoms with Crippen molar-refractivity contribution in [3.63, 3.8) is 0 Å². The van der Waals surface area contributed by atoms with Gasteiger partial charge in [0.2, 0.25) is 0 Å². The molecule has 29 heavy (non-hydrogen) atoms. The van der Waals surface area contributed by atoms with Gasteiger partial charge in [0.1, 0.15) is 0 Å². The lowest BCUT2D eigenvalue weighted by molar-refractivity contribution is -0.362. The van der Waals surface area contributed by atoms with Gasteiger partial charge in [-0.2, -0.15) is 26.3 Å². The lowest BCUT2D eigenvalue weighted by atomic mass is 9.69. The van der Waals surface area contributed by atoms with Gasteiger partial charge in [0.05, 0.1) is 21.8 Å². The first-order valence-electron chi connectivity index (χ1n) is 9.13. The number of hydrogen-bond acceptors (Lipinski definition) is 5. The zero-order valence-electron chi connectivity index (χ0n) is 14.7. The van der Waals surface area contributed by atoms with Gasteiger partial charge >= 0.3 is 23.9 Å². The van der Waals surface area contributed by atoms with Gasteiger partial charge in [0.15, 0.2) is 0 Å². The zero-order chi connectivity index (χ0) is 21.6. The number of ether oxygens (including phenoxy) is 1. The molecule has 0 saturated heterocycles. The Morgan fingerprint density at radius 1 is 0.966 bits per heavy atom. The number of carbonyl (C=O) groups is 1. The summed E-state index contributed by atoms with van der Waals surface area (Å²) in [4.78, 5) is 12.5. The monoisotopic (exact) mass is 447 g/mol. The highest BCUT2D eigenvalue weighted by molar-refractivity contribution is 7.85. The van der Waals surface area contributed by atoms with Crippen LogP contribution in [0.15, 0.2) is 12.2 Å². The number of esters is 1. The number of allylic oxidation sites excluding steroid dienone is 2. The van der Waals surface area contributed by atoms with Gasteiger partial charge in [-0.05, 0) is 54.8 Å². The minimum Gasteiger partial charge on any atom is -0.748 e. The molecule has 4 rings (SSSR count). The Morgan fingerprint density at radius 3 is 2.03 bits per heavy atom. The molecule has 0 aromatic heterocycles. The molecule has 7 atom stereocenters. The number of fused-ring (bicyclic) bond motifs is 9. The van der Waals surface area contributed by atoms with Crippen molar-refractivity contribution >= 4 is 16.1 Å². The van der Waals surface area contributed by atoms with Crippen LogP contribution in [0.25, 0.3) is 0 Å². The van der Waals surface area contributed by atoms with E-state index in [1.807, 2.05) is 6.08 Å². The molecule has 4 aliphatic rings. The highest BCUT2D eigenvalue weighted by atomic mass is 32.2. The van der Waals surface area contributed by atoms with Crippen LogP contribution >= 0.6 is 0 Å². The summed E-state index contributed by atoms with van der Waals surface area (Å²) in [7, 11) is -6.03. The van der Waals surface area contributed by atoms with Crippen LogP contribution in [0.4, 0.5) is 26.3 Å². The first-order chi connectivity index (χ1) is 13.1.